The van der Waals surface area contributed by atoms with E-state index in [0.717, 1.165) is 0 Å². The average Bonchev–Trinajstić information content (AvgIpc) is 2.64. The van der Waals surface area contributed by atoms with Gasteiger partial charge in [0.1, 0.15) is 7.05 Å². The molecule has 0 N–H and O–H groups in total. The first-order valence-electron chi connectivity index (χ1n) is 7.87. The number of fused-ring (bicyclic) bond motifs is 1. The summed E-state index contributed by atoms with van der Waals surface area (Å²) in [7, 11) is 2.14. The van der Waals surface area contributed by atoms with Crippen molar-refractivity contribution in [1.82, 2.24) is 0 Å². The van der Waals surface area contributed by atoms with Crippen LogP contribution in [0.15, 0.2) is 91.0 Å². The van der Waals surface area contributed by atoms with Gasteiger partial charge in [-0.05, 0) is 23.8 Å². The van der Waals surface area contributed by atoms with Crippen molar-refractivity contribution in [3.63, 3.8) is 0 Å². The Bertz CT molecular complexity index is 957. The Morgan fingerprint density at radius 2 is 1.17 bits per heavy atom. The topological polar surface area (TPSA) is 3.88 Å². The third kappa shape index (κ3) is 2.40. The van der Waals surface area contributed by atoms with Gasteiger partial charge in [-0.3, -0.25) is 0 Å². The minimum atomic E-state index is 1.23. The zero-order valence-corrected chi connectivity index (χ0v) is 13.1. The largest absolute Gasteiger partial charge is 0.213 e. The fourth-order valence-electron chi connectivity index (χ4n) is 3.18. The number of para-hydroxylation sites is 1. The van der Waals surface area contributed by atoms with Crippen LogP contribution in [0.5, 0.6) is 0 Å². The molecule has 1 heterocycles. The number of nitrogens with zero attached hydrogens (tertiary/aromatic N) is 1. The van der Waals surface area contributed by atoms with Crippen LogP contribution < -0.4 is 4.57 Å². The molecule has 0 saturated carbocycles. The van der Waals surface area contributed by atoms with Gasteiger partial charge >= 0.3 is 0 Å². The Labute approximate surface area is 136 Å². The molecule has 4 rings (SSSR count). The summed E-state index contributed by atoms with van der Waals surface area (Å²) in [6, 6.07) is 32.1. The van der Waals surface area contributed by atoms with E-state index in [1.54, 1.807) is 0 Å². The Hall–Kier alpha value is -2.93. The van der Waals surface area contributed by atoms with Crippen LogP contribution in [0.2, 0.25) is 0 Å². The third-order valence-corrected chi connectivity index (χ3v) is 4.35. The molecule has 0 spiro atoms. The maximum absolute atomic E-state index is 2.30. The molecule has 0 atom stereocenters. The van der Waals surface area contributed by atoms with Gasteiger partial charge in [0.15, 0.2) is 0 Å². The van der Waals surface area contributed by atoms with E-state index in [-0.39, 0.29) is 0 Å². The second kappa shape index (κ2) is 5.69. The van der Waals surface area contributed by atoms with Crippen LogP contribution in [0.3, 0.4) is 0 Å². The highest BCUT2D eigenvalue weighted by Crippen LogP contribution is 2.30. The molecule has 0 aliphatic carbocycles. The smallest absolute Gasteiger partial charge is 0.194 e. The van der Waals surface area contributed by atoms with Crippen LogP contribution in [-0.2, 0) is 7.05 Å². The van der Waals surface area contributed by atoms with E-state index in [1.807, 2.05) is 0 Å². The van der Waals surface area contributed by atoms with Crippen molar-refractivity contribution in [3.8, 4) is 22.4 Å². The van der Waals surface area contributed by atoms with Crippen LogP contribution in [-0.4, -0.2) is 0 Å². The van der Waals surface area contributed by atoms with Crippen molar-refractivity contribution in [3.05, 3.63) is 91.0 Å². The van der Waals surface area contributed by atoms with Crippen LogP contribution in [0, 0.1) is 0 Å². The second-order valence-corrected chi connectivity index (χ2v) is 5.75. The van der Waals surface area contributed by atoms with Crippen molar-refractivity contribution in [2.24, 2.45) is 7.05 Å². The fraction of sp³-hybridized carbons (Fsp3) is 0.0455. The standard InChI is InChI=1S/C22H18N/c1-23-21-15-9-8-14-19(21)20(17-10-4-2-5-11-17)16-22(23)18-12-6-3-7-13-18/h2-16H,1H3/q+1. The number of aryl methyl sites for hydroxylation is 1. The molecule has 1 nitrogen and oxygen atoms in total. The lowest BCUT2D eigenvalue weighted by Crippen LogP contribution is -2.32. The summed E-state index contributed by atoms with van der Waals surface area (Å²) < 4.78 is 2.27. The van der Waals surface area contributed by atoms with E-state index in [4.69, 9.17) is 0 Å². The highest BCUT2D eigenvalue weighted by molar-refractivity contribution is 5.94. The van der Waals surface area contributed by atoms with Crippen molar-refractivity contribution < 1.29 is 4.57 Å². The zero-order valence-electron chi connectivity index (χ0n) is 13.1. The molecule has 0 aliphatic rings. The maximum atomic E-state index is 2.30. The molecule has 1 aromatic heterocycles. The molecule has 0 aliphatic heterocycles. The lowest BCUT2D eigenvalue weighted by molar-refractivity contribution is -0.633. The summed E-state index contributed by atoms with van der Waals surface area (Å²) in [6.45, 7) is 0. The lowest BCUT2D eigenvalue weighted by Gasteiger charge is -2.09. The lowest BCUT2D eigenvalue weighted by atomic mass is 9.98. The van der Waals surface area contributed by atoms with Gasteiger partial charge < -0.3 is 0 Å². The Kier molecular flexibility index (Phi) is 3.39. The van der Waals surface area contributed by atoms with E-state index in [9.17, 15) is 0 Å². The quantitative estimate of drug-likeness (QED) is 0.458. The minimum Gasteiger partial charge on any atom is -0.194 e. The molecule has 0 amide bonds. The number of hydrogen-bond acceptors (Lipinski definition) is 0. The average molecular weight is 296 g/mol. The first-order chi connectivity index (χ1) is 11.3. The summed E-state index contributed by atoms with van der Waals surface area (Å²) in [4.78, 5) is 0. The number of aromatic nitrogens is 1. The minimum absolute atomic E-state index is 1.23. The van der Waals surface area contributed by atoms with E-state index in [2.05, 4.69) is 103 Å². The summed E-state index contributed by atoms with van der Waals surface area (Å²) in [6.07, 6.45) is 0. The highest BCUT2D eigenvalue weighted by Gasteiger charge is 2.18. The number of pyridine rings is 1. The Morgan fingerprint density at radius 3 is 1.87 bits per heavy atom. The molecule has 0 radical (unpaired) electrons. The molecule has 0 fully saturated rings. The molecule has 0 bridgehead atoms. The number of hydrogen-bond donors (Lipinski definition) is 0. The van der Waals surface area contributed by atoms with Crippen LogP contribution in [0.25, 0.3) is 33.3 Å². The fourth-order valence-corrected chi connectivity index (χ4v) is 3.18. The van der Waals surface area contributed by atoms with Gasteiger partial charge in [0.05, 0.1) is 5.39 Å². The molecule has 0 saturated heterocycles. The molecule has 110 valence electrons. The first kappa shape index (κ1) is 13.7. The normalized spacial score (nSPS) is 10.8. The van der Waals surface area contributed by atoms with Gasteiger partial charge in [-0.2, -0.15) is 4.57 Å². The first-order valence-corrected chi connectivity index (χ1v) is 7.87. The maximum Gasteiger partial charge on any atom is 0.213 e. The predicted molar refractivity (Wildman–Crippen MR) is 96.0 cm³/mol. The SMILES string of the molecule is C[n+]1c(-c2ccccc2)cc(-c2ccccc2)c2ccccc21. The molecule has 23 heavy (non-hydrogen) atoms. The number of benzene rings is 3. The number of rotatable bonds is 2. The van der Waals surface area contributed by atoms with Crippen molar-refractivity contribution in [2.45, 2.75) is 0 Å². The molecule has 0 unspecified atom stereocenters. The molecule has 1 heteroatoms. The zero-order chi connectivity index (χ0) is 15.6. The van der Waals surface area contributed by atoms with Gasteiger partial charge in [-0.15, -0.1) is 0 Å². The Balaban J connectivity index is 2.08. The predicted octanol–water partition coefficient (Wildman–Crippen LogP) is 5.00. The van der Waals surface area contributed by atoms with Crippen LogP contribution in [0.1, 0.15) is 0 Å². The second-order valence-electron chi connectivity index (χ2n) is 5.75. The molecule has 3 aromatic carbocycles. The van der Waals surface area contributed by atoms with Gasteiger partial charge in [-0.25, -0.2) is 0 Å². The highest BCUT2D eigenvalue weighted by atomic mass is 14.9. The van der Waals surface area contributed by atoms with Crippen molar-refractivity contribution in [2.75, 3.05) is 0 Å². The van der Waals surface area contributed by atoms with E-state index in [0.29, 0.717) is 0 Å². The van der Waals surface area contributed by atoms with Gasteiger partial charge in [-0.1, -0.05) is 60.7 Å². The van der Waals surface area contributed by atoms with Crippen molar-refractivity contribution in [1.29, 1.82) is 0 Å². The van der Waals surface area contributed by atoms with Crippen LogP contribution >= 0.6 is 0 Å². The van der Waals surface area contributed by atoms with E-state index >= 15 is 0 Å². The van der Waals surface area contributed by atoms with Gasteiger partial charge in [0.25, 0.3) is 0 Å². The summed E-state index contributed by atoms with van der Waals surface area (Å²) in [5, 5.41) is 1.28. The van der Waals surface area contributed by atoms with Crippen molar-refractivity contribution >= 4 is 10.9 Å². The van der Waals surface area contributed by atoms with E-state index in [1.165, 1.54) is 33.3 Å². The van der Waals surface area contributed by atoms with E-state index < -0.39 is 0 Å². The van der Waals surface area contributed by atoms with Crippen LogP contribution in [0.4, 0.5) is 0 Å². The van der Waals surface area contributed by atoms with Gasteiger partial charge in [0.2, 0.25) is 11.2 Å². The Morgan fingerprint density at radius 1 is 0.609 bits per heavy atom. The molecular formula is C22H18N+. The summed E-state index contributed by atoms with van der Waals surface area (Å²) in [5.41, 5.74) is 6.23. The summed E-state index contributed by atoms with van der Waals surface area (Å²) in [5.74, 6) is 0. The monoisotopic (exact) mass is 296 g/mol. The summed E-state index contributed by atoms with van der Waals surface area (Å²) >= 11 is 0. The molecular weight excluding hydrogens is 278 g/mol. The third-order valence-electron chi connectivity index (χ3n) is 4.35. The van der Waals surface area contributed by atoms with Gasteiger partial charge in [0, 0.05) is 23.3 Å². The molecule has 4 aromatic rings.